The SMILES string of the molecule is C.FC(F)CC(F)(F)F. The molecule has 0 aliphatic carbocycles. The summed E-state index contributed by atoms with van der Waals surface area (Å²) in [6.07, 6.45) is -10.0. The van der Waals surface area contributed by atoms with Crippen LogP contribution in [0.1, 0.15) is 13.8 Å². The van der Waals surface area contributed by atoms with Crippen molar-refractivity contribution in [2.75, 3.05) is 0 Å². The molecule has 0 aromatic heterocycles. The minimum atomic E-state index is -4.73. The Morgan fingerprint density at radius 3 is 1.44 bits per heavy atom. The second kappa shape index (κ2) is 3.63. The first kappa shape index (κ1) is 11.4. The summed E-state index contributed by atoms with van der Waals surface area (Å²) in [6, 6.07) is 0. The van der Waals surface area contributed by atoms with Gasteiger partial charge in [0.15, 0.2) is 0 Å². The van der Waals surface area contributed by atoms with Crippen LogP contribution in [0, 0.1) is 0 Å². The molecule has 0 aliphatic rings. The van der Waals surface area contributed by atoms with E-state index in [2.05, 4.69) is 0 Å². The summed E-state index contributed by atoms with van der Waals surface area (Å²) >= 11 is 0. The molecule has 0 bridgehead atoms. The zero-order chi connectivity index (χ0) is 6.78. The van der Waals surface area contributed by atoms with Gasteiger partial charge in [0.25, 0.3) is 0 Å². The van der Waals surface area contributed by atoms with Crippen molar-refractivity contribution in [1.82, 2.24) is 0 Å². The third kappa shape index (κ3) is 11.3. The van der Waals surface area contributed by atoms with Crippen LogP contribution in [-0.4, -0.2) is 12.6 Å². The number of hydrogen-bond acceptors (Lipinski definition) is 0. The lowest BCUT2D eigenvalue weighted by Gasteiger charge is -2.02. The molecule has 9 heavy (non-hydrogen) atoms. The van der Waals surface area contributed by atoms with Gasteiger partial charge in [-0.05, 0) is 0 Å². The van der Waals surface area contributed by atoms with Crippen LogP contribution in [0.3, 0.4) is 0 Å². The van der Waals surface area contributed by atoms with Gasteiger partial charge in [-0.25, -0.2) is 8.78 Å². The fourth-order valence-electron chi connectivity index (χ4n) is 0.175. The van der Waals surface area contributed by atoms with Crippen LogP contribution in [0.25, 0.3) is 0 Å². The van der Waals surface area contributed by atoms with E-state index in [1.165, 1.54) is 0 Å². The van der Waals surface area contributed by atoms with Crippen molar-refractivity contribution in [3.8, 4) is 0 Å². The molecule has 0 rings (SSSR count). The molecular weight excluding hydrogens is 143 g/mol. The van der Waals surface area contributed by atoms with E-state index >= 15 is 0 Å². The van der Waals surface area contributed by atoms with Crippen molar-refractivity contribution < 1.29 is 22.0 Å². The monoisotopic (exact) mass is 150 g/mol. The minimum Gasteiger partial charge on any atom is -0.210 e. The van der Waals surface area contributed by atoms with Crippen LogP contribution in [0.5, 0.6) is 0 Å². The van der Waals surface area contributed by atoms with E-state index in [1.807, 2.05) is 0 Å². The Kier molecular flexibility index (Phi) is 4.62. The molecule has 0 aliphatic heterocycles. The first-order valence-electron chi connectivity index (χ1n) is 1.77. The van der Waals surface area contributed by atoms with Crippen LogP contribution in [0.4, 0.5) is 22.0 Å². The Balaban J connectivity index is 0. The zero-order valence-corrected chi connectivity index (χ0v) is 3.67. The first-order valence-corrected chi connectivity index (χ1v) is 1.77. The van der Waals surface area contributed by atoms with Crippen molar-refractivity contribution >= 4 is 0 Å². The van der Waals surface area contributed by atoms with Gasteiger partial charge in [0.2, 0.25) is 6.43 Å². The van der Waals surface area contributed by atoms with E-state index in [0.29, 0.717) is 0 Å². The van der Waals surface area contributed by atoms with E-state index in [0.717, 1.165) is 0 Å². The highest BCUT2D eigenvalue weighted by Crippen LogP contribution is 2.22. The molecule has 0 unspecified atom stereocenters. The third-order valence-corrected chi connectivity index (χ3v) is 0.386. The van der Waals surface area contributed by atoms with Gasteiger partial charge in [-0.1, -0.05) is 7.43 Å². The topological polar surface area (TPSA) is 0 Å². The van der Waals surface area contributed by atoms with Crippen LogP contribution < -0.4 is 0 Å². The Morgan fingerprint density at radius 1 is 1.11 bits per heavy atom. The molecular formula is C4H7F5. The summed E-state index contributed by atoms with van der Waals surface area (Å²) < 4.78 is 54.1. The Hall–Kier alpha value is -0.350. The standard InChI is InChI=1S/C3H3F5.CH4/c4-2(5)1-3(6,7)8;/h2H,1H2;1H4. The predicted octanol–water partition coefficient (Wildman–Crippen LogP) is 2.84. The van der Waals surface area contributed by atoms with Crippen LogP contribution in [-0.2, 0) is 0 Å². The van der Waals surface area contributed by atoms with Gasteiger partial charge < -0.3 is 0 Å². The van der Waals surface area contributed by atoms with Crippen LogP contribution in [0.15, 0.2) is 0 Å². The highest BCUT2D eigenvalue weighted by atomic mass is 19.4. The molecule has 0 aromatic rings. The first-order chi connectivity index (χ1) is 3.42. The molecule has 0 saturated carbocycles. The maximum absolute atomic E-state index is 10.8. The van der Waals surface area contributed by atoms with Crippen molar-refractivity contribution in [3.05, 3.63) is 0 Å². The molecule has 0 fully saturated rings. The molecule has 0 nitrogen and oxygen atoms in total. The summed E-state index contributed by atoms with van der Waals surface area (Å²) in [4.78, 5) is 0. The van der Waals surface area contributed by atoms with Gasteiger partial charge >= 0.3 is 6.18 Å². The lowest BCUT2D eigenvalue weighted by molar-refractivity contribution is -0.158. The maximum atomic E-state index is 10.8. The van der Waals surface area contributed by atoms with Crippen molar-refractivity contribution in [2.45, 2.75) is 26.4 Å². The van der Waals surface area contributed by atoms with Gasteiger partial charge in [-0.3, -0.25) is 0 Å². The number of alkyl halides is 5. The molecule has 0 heterocycles. The van der Waals surface area contributed by atoms with E-state index in [4.69, 9.17) is 0 Å². The highest BCUT2D eigenvalue weighted by Gasteiger charge is 2.31. The summed E-state index contributed by atoms with van der Waals surface area (Å²) in [6.45, 7) is 0. The fraction of sp³-hybridized carbons (Fsp3) is 1.00. The lowest BCUT2D eigenvalue weighted by Crippen LogP contribution is -2.12. The molecule has 0 N–H and O–H groups in total. The Bertz CT molecular complexity index is 63.8. The predicted molar refractivity (Wildman–Crippen MR) is 23.4 cm³/mol. The van der Waals surface area contributed by atoms with E-state index < -0.39 is 19.0 Å². The van der Waals surface area contributed by atoms with Crippen LogP contribution in [0.2, 0.25) is 0 Å². The van der Waals surface area contributed by atoms with E-state index in [9.17, 15) is 22.0 Å². The van der Waals surface area contributed by atoms with Crippen molar-refractivity contribution in [3.63, 3.8) is 0 Å². The summed E-state index contributed by atoms with van der Waals surface area (Å²) in [5.74, 6) is 0. The normalized spacial score (nSPS) is 11.3. The summed E-state index contributed by atoms with van der Waals surface area (Å²) in [5, 5.41) is 0. The van der Waals surface area contributed by atoms with Gasteiger partial charge in [0, 0.05) is 0 Å². The second-order valence-electron chi connectivity index (χ2n) is 1.21. The summed E-state index contributed by atoms with van der Waals surface area (Å²) in [5.41, 5.74) is 0. The van der Waals surface area contributed by atoms with Gasteiger partial charge in [-0.15, -0.1) is 0 Å². The fourth-order valence-corrected chi connectivity index (χ4v) is 0.175. The quantitative estimate of drug-likeness (QED) is 0.504. The minimum absolute atomic E-state index is 0. The van der Waals surface area contributed by atoms with E-state index in [1.54, 1.807) is 0 Å². The lowest BCUT2D eigenvalue weighted by atomic mass is 10.4. The Labute approximate surface area is 49.7 Å². The average molecular weight is 150 g/mol. The number of hydrogen-bond donors (Lipinski definition) is 0. The summed E-state index contributed by atoms with van der Waals surface area (Å²) in [7, 11) is 0. The van der Waals surface area contributed by atoms with Crippen molar-refractivity contribution in [1.29, 1.82) is 0 Å². The number of rotatable bonds is 1. The molecule has 0 saturated heterocycles. The molecule has 0 atom stereocenters. The smallest absolute Gasteiger partial charge is 0.210 e. The van der Waals surface area contributed by atoms with Crippen LogP contribution >= 0.6 is 0 Å². The zero-order valence-electron chi connectivity index (χ0n) is 3.67. The second-order valence-corrected chi connectivity index (χ2v) is 1.21. The van der Waals surface area contributed by atoms with Gasteiger partial charge in [0.1, 0.15) is 6.42 Å². The van der Waals surface area contributed by atoms with E-state index in [-0.39, 0.29) is 7.43 Å². The molecule has 0 spiro atoms. The Morgan fingerprint density at radius 2 is 1.44 bits per heavy atom. The largest absolute Gasteiger partial charge is 0.394 e. The molecule has 0 amide bonds. The van der Waals surface area contributed by atoms with Gasteiger partial charge in [0.05, 0.1) is 0 Å². The number of halogens is 5. The van der Waals surface area contributed by atoms with Crippen molar-refractivity contribution in [2.24, 2.45) is 0 Å². The third-order valence-electron chi connectivity index (χ3n) is 0.386. The molecule has 0 aromatic carbocycles. The maximum Gasteiger partial charge on any atom is 0.394 e. The highest BCUT2D eigenvalue weighted by molar-refractivity contribution is 4.50. The molecule has 58 valence electrons. The molecule has 0 radical (unpaired) electrons. The average Bonchev–Trinajstić information content (AvgIpc) is 1.21. The van der Waals surface area contributed by atoms with Gasteiger partial charge in [-0.2, -0.15) is 13.2 Å². The molecule has 5 heteroatoms.